The van der Waals surface area contributed by atoms with E-state index in [0.29, 0.717) is 40.1 Å². The van der Waals surface area contributed by atoms with Crippen LogP contribution in [-0.2, 0) is 12.3 Å². The first-order valence-corrected chi connectivity index (χ1v) is 11.6. The van der Waals surface area contributed by atoms with E-state index in [4.69, 9.17) is 9.51 Å². The third kappa shape index (κ3) is 4.17. The number of benzene rings is 2. The lowest BCUT2D eigenvalue weighted by Gasteiger charge is -2.11. The number of hydrogen-bond acceptors (Lipinski definition) is 7. The van der Waals surface area contributed by atoms with E-state index in [1.165, 1.54) is 17.3 Å². The molecule has 0 radical (unpaired) electrons. The molecule has 0 aliphatic carbocycles. The first-order chi connectivity index (χ1) is 15.2. The number of hydrogen-bond donors (Lipinski definition) is 0. The lowest BCUT2D eigenvalue weighted by molar-refractivity contribution is 0.391. The van der Waals surface area contributed by atoms with Crippen LogP contribution in [0.3, 0.4) is 0 Å². The molecular weight excluding hydrogens is 428 g/mol. The van der Waals surface area contributed by atoms with Gasteiger partial charge in [0.25, 0.3) is 5.56 Å². The fraction of sp³-hybridized carbons (Fsp3) is 0.130. The summed E-state index contributed by atoms with van der Waals surface area (Å²) in [5.41, 5.74) is 2.72. The minimum absolute atomic E-state index is 0.0487. The fourth-order valence-corrected chi connectivity index (χ4v) is 4.74. The fourth-order valence-electron chi connectivity index (χ4n) is 3.22. The molecule has 0 aliphatic rings. The average molecular weight is 447 g/mol. The van der Waals surface area contributed by atoms with Crippen molar-refractivity contribution in [2.24, 2.45) is 0 Å². The van der Waals surface area contributed by atoms with Gasteiger partial charge in [-0.05, 0) is 30.5 Å². The minimum Gasteiger partial charge on any atom is -0.338 e. The monoisotopic (exact) mass is 446 g/mol. The molecule has 0 N–H and O–H groups in total. The Bertz CT molecular complexity index is 1390. The molecule has 0 saturated carbocycles. The number of aryl methyl sites for hydroxylation is 1. The van der Waals surface area contributed by atoms with Gasteiger partial charge in [0.05, 0.1) is 23.2 Å². The van der Waals surface area contributed by atoms with E-state index < -0.39 is 0 Å². The molecule has 0 aliphatic heterocycles. The Morgan fingerprint density at radius 1 is 1.03 bits per heavy atom. The van der Waals surface area contributed by atoms with Crippen LogP contribution < -0.4 is 5.56 Å². The summed E-state index contributed by atoms with van der Waals surface area (Å²) >= 11 is 3.04. The highest BCUT2D eigenvalue weighted by molar-refractivity contribution is 7.98. The first-order valence-electron chi connectivity index (χ1n) is 9.72. The first kappa shape index (κ1) is 19.7. The van der Waals surface area contributed by atoms with Gasteiger partial charge in [-0.2, -0.15) is 4.98 Å². The second-order valence-electron chi connectivity index (χ2n) is 7.05. The normalized spacial score (nSPS) is 11.3. The zero-order chi connectivity index (χ0) is 21.2. The number of nitrogens with zero attached hydrogens (tertiary/aromatic N) is 4. The Kier molecular flexibility index (Phi) is 5.40. The second kappa shape index (κ2) is 8.49. The van der Waals surface area contributed by atoms with Crippen LogP contribution in [0.4, 0.5) is 0 Å². The van der Waals surface area contributed by atoms with Crippen molar-refractivity contribution in [3.63, 3.8) is 0 Å². The standard InChI is InChI=1S/C23H18N4O2S2/c1-15-8-10-16(11-9-15)21-25-20(29-26-21)14-31-23-24-19-7-3-2-6-18(19)22(28)27(23)13-17-5-4-12-30-17/h2-12H,13-14H2,1H3. The molecule has 31 heavy (non-hydrogen) atoms. The molecule has 6 nitrogen and oxygen atoms in total. The smallest absolute Gasteiger partial charge is 0.262 e. The molecule has 154 valence electrons. The van der Waals surface area contributed by atoms with Gasteiger partial charge in [0.1, 0.15) is 0 Å². The summed E-state index contributed by atoms with van der Waals surface area (Å²) in [6.07, 6.45) is 0. The molecule has 3 heterocycles. The maximum Gasteiger partial charge on any atom is 0.262 e. The summed E-state index contributed by atoms with van der Waals surface area (Å²) in [6.45, 7) is 2.52. The predicted octanol–water partition coefficient (Wildman–Crippen LogP) is 5.16. The third-order valence-corrected chi connectivity index (χ3v) is 6.65. The van der Waals surface area contributed by atoms with Crippen LogP contribution in [0.5, 0.6) is 0 Å². The van der Waals surface area contributed by atoms with Crippen LogP contribution >= 0.6 is 23.1 Å². The summed E-state index contributed by atoms with van der Waals surface area (Å²) in [6, 6.07) is 19.4. The summed E-state index contributed by atoms with van der Waals surface area (Å²) < 4.78 is 7.16. The predicted molar refractivity (Wildman–Crippen MR) is 123 cm³/mol. The maximum atomic E-state index is 13.2. The summed E-state index contributed by atoms with van der Waals surface area (Å²) in [5, 5.41) is 7.34. The van der Waals surface area contributed by atoms with Crippen molar-refractivity contribution in [1.82, 2.24) is 19.7 Å². The van der Waals surface area contributed by atoms with Crippen LogP contribution in [0, 0.1) is 6.92 Å². The van der Waals surface area contributed by atoms with Crippen LogP contribution in [0.1, 0.15) is 16.3 Å². The van der Waals surface area contributed by atoms with Gasteiger partial charge in [0.2, 0.25) is 11.7 Å². The summed E-state index contributed by atoms with van der Waals surface area (Å²) in [4.78, 5) is 23.5. The van der Waals surface area contributed by atoms with Crippen molar-refractivity contribution >= 4 is 34.0 Å². The van der Waals surface area contributed by atoms with Crippen LogP contribution in [0.15, 0.2) is 80.5 Å². The zero-order valence-corrected chi connectivity index (χ0v) is 18.3. The SMILES string of the molecule is Cc1ccc(-c2noc(CSc3nc4ccccc4c(=O)n3Cc3cccs3)n2)cc1. The van der Waals surface area contributed by atoms with Crippen molar-refractivity contribution in [1.29, 1.82) is 0 Å². The van der Waals surface area contributed by atoms with Gasteiger partial charge in [-0.3, -0.25) is 9.36 Å². The molecule has 8 heteroatoms. The number of fused-ring (bicyclic) bond motifs is 1. The lowest BCUT2D eigenvalue weighted by atomic mass is 10.1. The molecule has 5 rings (SSSR count). The van der Waals surface area contributed by atoms with E-state index in [1.54, 1.807) is 15.9 Å². The number of thioether (sulfide) groups is 1. The molecule has 0 spiro atoms. The number of rotatable bonds is 6. The van der Waals surface area contributed by atoms with Gasteiger partial charge in [0.15, 0.2) is 5.16 Å². The third-order valence-electron chi connectivity index (χ3n) is 4.82. The van der Waals surface area contributed by atoms with Crippen molar-refractivity contribution in [3.8, 4) is 11.4 Å². The average Bonchev–Trinajstić information content (AvgIpc) is 3.47. The van der Waals surface area contributed by atoms with Gasteiger partial charge >= 0.3 is 0 Å². The van der Waals surface area contributed by atoms with Crippen molar-refractivity contribution in [2.75, 3.05) is 0 Å². The Hall–Kier alpha value is -3.23. The van der Waals surface area contributed by atoms with Gasteiger partial charge in [-0.25, -0.2) is 4.98 Å². The lowest BCUT2D eigenvalue weighted by Crippen LogP contribution is -2.23. The van der Waals surface area contributed by atoms with E-state index in [2.05, 4.69) is 10.1 Å². The van der Waals surface area contributed by atoms with Crippen molar-refractivity contribution < 1.29 is 4.52 Å². The van der Waals surface area contributed by atoms with E-state index in [0.717, 1.165) is 10.4 Å². The molecule has 0 saturated heterocycles. The highest BCUT2D eigenvalue weighted by Gasteiger charge is 2.15. The Balaban J connectivity index is 1.44. The van der Waals surface area contributed by atoms with E-state index in [9.17, 15) is 4.79 Å². The van der Waals surface area contributed by atoms with Crippen LogP contribution in [-0.4, -0.2) is 19.7 Å². The van der Waals surface area contributed by atoms with Gasteiger partial charge < -0.3 is 4.52 Å². The number of thiophene rings is 1. The highest BCUT2D eigenvalue weighted by Crippen LogP contribution is 2.24. The largest absolute Gasteiger partial charge is 0.338 e. The van der Waals surface area contributed by atoms with Gasteiger partial charge in [-0.1, -0.05) is 64.9 Å². The highest BCUT2D eigenvalue weighted by atomic mass is 32.2. The zero-order valence-electron chi connectivity index (χ0n) is 16.7. The summed E-state index contributed by atoms with van der Waals surface area (Å²) in [5.74, 6) is 1.47. The van der Waals surface area contributed by atoms with Gasteiger partial charge in [0, 0.05) is 10.4 Å². The Morgan fingerprint density at radius 2 is 1.87 bits per heavy atom. The topological polar surface area (TPSA) is 73.8 Å². The molecule has 0 fully saturated rings. The minimum atomic E-state index is -0.0487. The Labute approximate surface area is 186 Å². The molecule has 0 atom stereocenters. The quantitative estimate of drug-likeness (QED) is 0.265. The van der Waals surface area contributed by atoms with E-state index in [1.807, 2.05) is 73.0 Å². The molecule has 0 unspecified atom stereocenters. The van der Waals surface area contributed by atoms with E-state index >= 15 is 0 Å². The number of para-hydroxylation sites is 1. The molecule has 2 aromatic carbocycles. The maximum absolute atomic E-state index is 13.2. The van der Waals surface area contributed by atoms with Gasteiger partial charge in [-0.15, -0.1) is 11.3 Å². The molecule has 3 aromatic heterocycles. The number of aromatic nitrogens is 4. The molecular formula is C23H18N4O2S2. The molecule has 5 aromatic rings. The van der Waals surface area contributed by atoms with Crippen molar-refractivity contribution in [3.05, 3.63) is 92.7 Å². The Morgan fingerprint density at radius 3 is 2.68 bits per heavy atom. The van der Waals surface area contributed by atoms with Crippen LogP contribution in [0.2, 0.25) is 0 Å². The van der Waals surface area contributed by atoms with E-state index in [-0.39, 0.29) is 5.56 Å². The summed E-state index contributed by atoms with van der Waals surface area (Å²) in [7, 11) is 0. The molecule has 0 amide bonds. The second-order valence-corrected chi connectivity index (χ2v) is 9.02. The van der Waals surface area contributed by atoms with Crippen LogP contribution in [0.25, 0.3) is 22.3 Å². The van der Waals surface area contributed by atoms with Crippen molar-refractivity contribution in [2.45, 2.75) is 24.4 Å². The molecule has 0 bridgehead atoms.